The molecule has 1 aromatic carbocycles. The maximum Gasteiger partial charge on any atom is 0.418 e. The topological polar surface area (TPSA) is 32.3 Å². The summed E-state index contributed by atoms with van der Waals surface area (Å²) in [5, 5.41) is 0.992. The number of carbonyl (C=O) groups is 1. The first-order chi connectivity index (χ1) is 8.00. The van der Waals surface area contributed by atoms with Crippen molar-refractivity contribution >= 4 is 11.6 Å². The van der Waals surface area contributed by atoms with Crippen molar-refractivity contribution in [3.8, 4) is 0 Å². The molecule has 0 saturated carbocycles. The zero-order chi connectivity index (χ0) is 12.5. The van der Waals surface area contributed by atoms with Gasteiger partial charge in [0, 0.05) is 13.0 Å². The summed E-state index contributed by atoms with van der Waals surface area (Å²) < 4.78 is 38.3. The molecule has 92 valence electrons. The van der Waals surface area contributed by atoms with Crippen molar-refractivity contribution in [3.63, 3.8) is 0 Å². The second-order valence-corrected chi connectivity index (χ2v) is 3.76. The molecule has 0 atom stereocenters. The van der Waals surface area contributed by atoms with E-state index in [4.69, 9.17) is 0 Å². The minimum atomic E-state index is -4.46. The molecule has 0 aromatic heterocycles. The van der Waals surface area contributed by atoms with Crippen molar-refractivity contribution in [2.24, 2.45) is 0 Å². The number of hydrogen-bond donors (Lipinski definition) is 1. The highest BCUT2D eigenvalue weighted by atomic mass is 19.4. The number of alkyl halides is 3. The van der Waals surface area contributed by atoms with Gasteiger partial charge in [-0.25, -0.2) is 10.4 Å². The molecule has 1 saturated heterocycles. The van der Waals surface area contributed by atoms with Gasteiger partial charge in [-0.3, -0.25) is 4.79 Å². The number of rotatable bonds is 1. The number of hydrogen-bond acceptors (Lipinski definition) is 2. The molecule has 1 N–H and O–H groups in total. The molecule has 0 unspecified atom stereocenters. The third-order valence-electron chi connectivity index (χ3n) is 2.54. The average Bonchev–Trinajstić information content (AvgIpc) is 2.28. The lowest BCUT2D eigenvalue weighted by Gasteiger charge is -2.29. The molecule has 1 aromatic rings. The molecule has 1 aliphatic heterocycles. The van der Waals surface area contributed by atoms with Gasteiger partial charge >= 0.3 is 6.18 Å². The number of benzene rings is 1. The first-order valence-corrected chi connectivity index (χ1v) is 5.23. The highest BCUT2D eigenvalue weighted by Crippen LogP contribution is 2.36. The Kier molecular flexibility index (Phi) is 3.06. The van der Waals surface area contributed by atoms with Crippen LogP contribution in [0.2, 0.25) is 0 Å². The van der Waals surface area contributed by atoms with Crippen LogP contribution in [0.3, 0.4) is 0 Å². The van der Waals surface area contributed by atoms with Crippen LogP contribution >= 0.6 is 0 Å². The number of nitrogens with one attached hydrogen (secondary N) is 1. The third-order valence-corrected chi connectivity index (χ3v) is 2.54. The molecule has 3 nitrogen and oxygen atoms in total. The predicted octanol–water partition coefficient (Wildman–Crippen LogP) is 2.34. The van der Waals surface area contributed by atoms with Crippen LogP contribution in [0.15, 0.2) is 24.3 Å². The van der Waals surface area contributed by atoms with Crippen LogP contribution in [0.4, 0.5) is 18.9 Å². The van der Waals surface area contributed by atoms with Gasteiger partial charge in [0.1, 0.15) is 0 Å². The van der Waals surface area contributed by atoms with Gasteiger partial charge in [0.15, 0.2) is 0 Å². The average molecular weight is 244 g/mol. The molecule has 1 amide bonds. The normalized spacial score (nSPS) is 17.4. The van der Waals surface area contributed by atoms with E-state index >= 15 is 0 Å². The number of anilines is 1. The zero-order valence-corrected chi connectivity index (χ0v) is 8.92. The molecule has 0 spiro atoms. The summed E-state index contributed by atoms with van der Waals surface area (Å²) in [7, 11) is 0. The van der Waals surface area contributed by atoms with Gasteiger partial charge in [-0.05, 0) is 18.6 Å². The van der Waals surface area contributed by atoms with Crippen molar-refractivity contribution in [2.45, 2.75) is 19.0 Å². The molecule has 1 aliphatic rings. The largest absolute Gasteiger partial charge is 0.418 e. The first kappa shape index (κ1) is 11.9. The summed E-state index contributed by atoms with van der Waals surface area (Å²) in [6, 6.07) is 5.05. The molecule has 1 fully saturated rings. The third kappa shape index (κ3) is 2.41. The Morgan fingerprint density at radius 1 is 1.24 bits per heavy atom. The van der Waals surface area contributed by atoms with Crippen LogP contribution in [-0.2, 0) is 11.0 Å². The van der Waals surface area contributed by atoms with E-state index in [1.165, 1.54) is 18.2 Å². The van der Waals surface area contributed by atoms with Crippen LogP contribution in [0.1, 0.15) is 18.4 Å². The van der Waals surface area contributed by atoms with Crippen LogP contribution < -0.4 is 10.4 Å². The maximum atomic E-state index is 12.8. The van der Waals surface area contributed by atoms with Crippen molar-refractivity contribution in [1.29, 1.82) is 0 Å². The van der Waals surface area contributed by atoms with Gasteiger partial charge in [-0.1, -0.05) is 12.1 Å². The van der Waals surface area contributed by atoms with E-state index in [0.29, 0.717) is 13.0 Å². The summed E-state index contributed by atoms with van der Waals surface area (Å²) in [6.07, 6.45) is -3.56. The lowest BCUT2D eigenvalue weighted by Crippen LogP contribution is -2.48. The van der Waals surface area contributed by atoms with E-state index in [2.05, 4.69) is 5.43 Å². The number of amides is 1. The van der Waals surface area contributed by atoms with Gasteiger partial charge < -0.3 is 0 Å². The van der Waals surface area contributed by atoms with Gasteiger partial charge in [0.2, 0.25) is 5.91 Å². The van der Waals surface area contributed by atoms with Gasteiger partial charge in [-0.15, -0.1) is 0 Å². The van der Waals surface area contributed by atoms with Crippen LogP contribution in [-0.4, -0.2) is 12.5 Å². The molecule has 1 heterocycles. The number of nitrogens with zero attached hydrogens (tertiary/aromatic N) is 1. The lowest BCUT2D eigenvalue weighted by atomic mass is 10.1. The smallest absolute Gasteiger partial charge is 0.273 e. The van der Waals surface area contributed by atoms with E-state index in [9.17, 15) is 18.0 Å². The Labute approximate surface area is 96.2 Å². The van der Waals surface area contributed by atoms with Gasteiger partial charge in [0.25, 0.3) is 0 Å². The predicted molar refractivity (Wildman–Crippen MR) is 56.2 cm³/mol. The fourth-order valence-corrected chi connectivity index (χ4v) is 1.76. The highest BCUT2D eigenvalue weighted by Gasteiger charge is 2.36. The minimum Gasteiger partial charge on any atom is -0.273 e. The Balaban J connectivity index is 2.41. The SMILES string of the molecule is O=C1CCCNN1c1ccccc1C(F)(F)F. The quantitative estimate of drug-likeness (QED) is 0.822. The standard InChI is InChI=1S/C11H11F3N2O/c12-11(13,14)8-4-1-2-5-9(8)16-10(17)6-3-7-15-16/h1-2,4-5,15H,3,6-7H2. The van der Waals surface area contributed by atoms with Crippen molar-refractivity contribution in [2.75, 3.05) is 11.6 Å². The number of halogens is 3. The monoisotopic (exact) mass is 244 g/mol. The van der Waals surface area contributed by atoms with E-state index < -0.39 is 11.7 Å². The molecular formula is C11H11F3N2O. The van der Waals surface area contributed by atoms with Crippen LogP contribution in [0.5, 0.6) is 0 Å². The maximum absolute atomic E-state index is 12.8. The second-order valence-electron chi connectivity index (χ2n) is 3.76. The number of carbonyl (C=O) groups excluding carboxylic acids is 1. The van der Waals surface area contributed by atoms with Crippen molar-refractivity contribution in [3.05, 3.63) is 29.8 Å². The van der Waals surface area contributed by atoms with E-state index in [0.717, 1.165) is 11.1 Å². The Bertz CT molecular complexity index is 431. The lowest BCUT2D eigenvalue weighted by molar-refractivity contribution is -0.137. The zero-order valence-electron chi connectivity index (χ0n) is 8.92. The minimum absolute atomic E-state index is 0.135. The molecule has 6 heteroatoms. The number of para-hydroxylation sites is 1. The molecule has 2 rings (SSSR count). The number of hydrazine groups is 1. The van der Waals surface area contributed by atoms with E-state index in [1.54, 1.807) is 0 Å². The van der Waals surface area contributed by atoms with Crippen molar-refractivity contribution in [1.82, 2.24) is 5.43 Å². The Morgan fingerprint density at radius 2 is 1.94 bits per heavy atom. The van der Waals surface area contributed by atoms with Gasteiger partial charge in [-0.2, -0.15) is 13.2 Å². The second kappa shape index (κ2) is 4.37. The molecule has 17 heavy (non-hydrogen) atoms. The van der Waals surface area contributed by atoms with Crippen LogP contribution in [0.25, 0.3) is 0 Å². The molecular weight excluding hydrogens is 233 g/mol. The van der Waals surface area contributed by atoms with Crippen molar-refractivity contribution < 1.29 is 18.0 Å². The van der Waals surface area contributed by atoms with E-state index in [1.807, 2.05) is 0 Å². The highest BCUT2D eigenvalue weighted by molar-refractivity contribution is 5.93. The first-order valence-electron chi connectivity index (χ1n) is 5.23. The van der Waals surface area contributed by atoms with E-state index in [-0.39, 0.29) is 18.0 Å². The summed E-state index contributed by atoms with van der Waals surface area (Å²) >= 11 is 0. The molecule has 0 aliphatic carbocycles. The fourth-order valence-electron chi connectivity index (χ4n) is 1.76. The summed E-state index contributed by atoms with van der Waals surface area (Å²) in [5.41, 5.74) is 1.74. The fraction of sp³-hybridized carbons (Fsp3) is 0.364. The molecule has 0 bridgehead atoms. The Hall–Kier alpha value is -1.56. The summed E-state index contributed by atoms with van der Waals surface area (Å²) in [5.74, 6) is -0.340. The van der Waals surface area contributed by atoms with Gasteiger partial charge in [0.05, 0.1) is 11.3 Å². The molecule has 0 radical (unpaired) electrons. The summed E-state index contributed by atoms with van der Waals surface area (Å²) in [6.45, 7) is 0.498. The van der Waals surface area contributed by atoms with Crippen LogP contribution in [0, 0.1) is 0 Å². The Morgan fingerprint density at radius 3 is 2.59 bits per heavy atom. The summed E-state index contributed by atoms with van der Waals surface area (Å²) in [4.78, 5) is 11.6.